The van der Waals surface area contributed by atoms with E-state index in [4.69, 9.17) is 4.74 Å². The van der Waals surface area contributed by atoms with Gasteiger partial charge in [-0.25, -0.2) is 8.78 Å². The first-order chi connectivity index (χ1) is 12.3. The van der Waals surface area contributed by atoms with Gasteiger partial charge < -0.3 is 14.5 Å². The molecule has 1 spiro atoms. The van der Waals surface area contributed by atoms with Crippen molar-refractivity contribution < 1.29 is 18.3 Å². The first-order valence-corrected chi connectivity index (χ1v) is 9.45. The van der Waals surface area contributed by atoms with Gasteiger partial charge in [-0.1, -0.05) is 6.07 Å². The molecule has 3 rings (SSSR count). The Morgan fingerprint density at radius 2 is 1.85 bits per heavy atom. The van der Waals surface area contributed by atoms with Gasteiger partial charge >= 0.3 is 0 Å². The molecule has 0 aromatic heterocycles. The van der Waals surface area contributed by atoms with Crippen molar-refractivity contribution in [2.45, 2.75) is 57.8 Å². The lowest BCUT2D eigenvalue weighted by Crippen LogP contribution is -2.62. The Morgan fingerprint density at radius 1 is 1.23 bits per heavy atom. The van der Waals surface area contributed by atoms with Crippen LogP contribution in [0, 0.1) is 11.6 Å². The van der Waals surface area contributed by atoms with Crippen LogP contribution in [0.15, 0.2) is 18.2 Å². The number of morpholine rings is 1. The number of hydrogen-bond acceptors (Lipinski definition) is 3. The summed E-state index contributed by atoms with van der Waals surface area (Å²) in [5, 5.41) is 0. The molecule has 0 N–H and O–H groups in total. The maximum Gasteiger partial charge on any atom is 0.251 e. The van der Waals surface area contributed by atoms with Crippen molar-refractivity contribution in [1.29, 1.82) is 0 Å². The molecule has 2 aliphatic heterocycles. The topological polar surface area (TPSA) is 32.8 Å². The molecule has 4 nitrogen and oxygen atoms in total. The van der Waals surface area contributed by atoms with Crippen LogP contribution in [0.2, 0.25) is 0 Å². The lowest BCUT2D eigenvalue weighted by atomic mass is 9.87. The zero-order chi connectivity index (χ0) is 18.9. The predicted octanol–water partition coefficient (Wildman–Crippen LogP) is 3.00. The number of halogens is 2. The molecule has 1 aromatic rings. The second-order valence-corrected chi connectivity index (χ2v) is 7.79. The van der Waals surface area contributed by atoms with Crippen molar-refractivity contribution in [2.24, 2.45) is 0 Å². The zero-order valence-corrected chi connectivity index (χ0v) is 15.8. The van der Waals surface area contributed by atoms with E-state index in [-0.39, 0.29) is 23.1 Å². The number of likely N-dealkylation sites (tertiary alicyclic amines) is 1. The third-order valence-corrected chi connectivity index (χ3v) is 5.65. The van der Waals surface area contributed by atoms with Crippen molar-refractivity contribution >= 4 is 5.91 Å². The molecule has 1 aromatic carbocycles. The summed E-state index contributed by atoms with van der Waals surface area (Å²) >= 11 is 0. The highest BCUT2D eigenvalue weighted by Crippen LogP contribution is 2.33. The van der Waals surface area contributed by atoms with E-state index >= 15 is 0 Å². The van der Waals surface area contributed by atoms with Gasteiger partial charge in [-0.15, -0.1) is 0 Å². The van der Waals surface area contributed by atoms with E-state index in [9.17, 15) is 13.6 Å². The van der Waals surface area contributed by atoms with Crippen molar-refractivity contribution in [3.8, 4) is 0 Å². The van der Waals surface area contributed by atoms with Crippen LogP contribution in [-0.4, -0.2) is 59.6 Å². The van der Waals surface area contributed by atoms with Gasteiger partial charge in [0.2, 0.25) is 0 Å². The summed E-state index contributed by atoms with van der Waals surface area (Å²) in [6.45, 7) is 8.75. The standard InChI is InChI=1S/C20H28F2N2O2/c1-14(2)24-13-20(26-15(3)19(24)25)8-11-23(12-9-20)10-7-16-17(21)5-4-6-18(16)22/h4-6,14-15H,7-13H2,1-3H3. The summed E-state index contributed by atoms with van der Waals surface area (Å²) in [5.74, 6) is -0.897. The van der Waals surface area contributed by atoms with Gasteiger partial charge in [0.05, 0.1) is 12.1 Å². The molecule has 0 saturated carbocycles. The Hall–Kier alpha value is -1.53. The predicted molar refractivity (Wildman–Crippen MR) is 95.9 cm³/mol. The van der Waals surface area contributed by atoms with E-state index in [0.29, 0.717) is 19.5 Å². The van der Waals surface area contributed by atoms with Crippen LogP contribution in [0.4, 0.5) is 8.78 Å². The van der Waals surface area contributed by atoms with Crippen molar-refractivity contribution in [2.75, 3.05) is 26.2 Å². The maximum absolute atomic E-state index is 13.8. The van der Waals surface area contributed by atoms with E-state index in [2.05, 4.69) is 4.90 Å². The SMILES string of the molecule is CC1OC2(CCN(CCc3c(F)cccc3F)CC2)CN(C(C)C)C1=O. The molecular formula is C20H28F2N2O2. The van der Waals surface area contributed by atoms with Crippen LogP contribution in [-0.2, 0) is 16.0 Å². The summed E-state index contributed by atoms with van der Waals surface area (Å²) < 4.78 is 33.7. The van der Waals surface area contributed by atoms with E-state index < -0.39 is 17.7 Å². The molecule has 26 heavy (non-hydrogen) atoms. The summed E-state index contributed by atoms with van der Waals surface area (Å²) in [4.78, 5) is 16.4. The molecule has 0 bridgehead atoms. The minimum Gasteiger partial charge on any atom is -0.360 e. The number of benzene rings is 1. The van der Waals surface area contributed by atoms with Gasteiger partial charge in [0.15, 0.2) is 0 Å². The summed E-state index contributed by atoms with van der Waals surface area (Å²) in [6.07, 6.45) is 1.60. The number of amides is 1. The second-order valence-electron chi connectivity index (χ2n) is 7.79. The van der Waals surface area contributed by atoms with E-state index in [1.807, 2.05) is 25.7 Å². The first kappa shape index (κ1) is 19.2. The van der Waals surface area contributed by atoms with Gasteiger partial charge in [0.25, 0.3) is 5.91 Å². The van der Waals surface area contributed by atoms with Gasteiger partial charge in [-0.3, -0.25) is 4.79 Å². The van der Waals surface area contributed by atoms with Crippen LogP contribution in [0.3, 0.4) is 0 Å². The van der Waals surface area contributed by atoms with E-state index in [1.54, 1.807) is 0 Å². The molecule has 0 aliphatic carbocycles. The van der Waals surface area contributed by atoms with Crippen LogP contribution >= 0.6 is 0 Å². The smallest absolute Gasteiger partial charge is 0.251 e. The molecule has 2 aliphatic rings. The molecule has 144 valence electrons. The van der Waals surface area contributed by atoms with Crippen LogP contribution in [0.5, 0.6) is 0 Å². The van der Waals surface area contributed by atoms with Crippen molar-refractivity contribution in [3.63, 3.8) is 0 Å². The maximum atomic E-state index is 13.8. The summed E-state index contributed by atoms with van der Waals surface area (Å²) in [5.41, 5.74) is -0.135. The van der Waals surface area contributed by atoms with E-state index in [0.717, 1.165) is 25.9 Å². The number of piperidine rings is 1. The number of hydrogen-bond donors (Lipinski definition) is 0. The zero-order valence-electron chi connectivity index (χ0n) is 15.8. The van der Waals surface area contributed by atoms with Crippen LogP contribution in [0.25, 0.3) is 0 Å². The molecule has 0 radical (unpaired) electrons. The number of carbonyl (C=O) groups is 1. The molecule has 1 atom stereocenters. The van der Waals surface area contributed by atoms with Crippen LogP contribution in [0.1, 0.15) is 39.2 Å². The van der Waals surface area contributed by atoms with Crippen molar-refractivity contribution in [3.05, 3.63) is 35.4 Å². The van der Waals surface area contributed by atoms with Crippen molar-refractivity contribution in [1.82, 2.24) is 9.80 Å². The number of ether oxygens (including phenoxy) is 1. The largest absolute Gasteiger partial charge is 0.360 e. The normalized spacial score (nSPS) is 23.8. The van der Waals surface area contributed by atoms with Gasteiger partial charge in [0.1, 0.15) is 17.7 Å². The molecule has 1 amide bonds. The quantitative estimate of drug-likeness (QED) is 0.821. The Kier molecular flexibility index (Phi) is 5.63. The average Bonchev–Trinajstić information content (AvgIpc) is 2.59. The molecule has 2 saturated heterocycles. The molecule has 1 unspecified atom stereocenters. The molecular weight excluding hydrogens is 338 g/mol. The summed E-state index contributed by atoms with van der Waals surface area (Å²) in [6, 6.07) is 4.16. The average molecular weight is 366 g/mol. The van der Waals surface area contributed by atoms with Gasteiger partial charge in [0, 0.05) is 31.2 Å². The Balaban J connectivity index is 1.58. The number of nitrogens with zero attached hydrogens (tertiary/aromatic N) is 2. The lowest BCUT2D eigenvalue weighted by Gasteiger charge is -2.50. The van der Waals surface area contributed by atoms with Gasteiger partial charge in [-0.2, -0.15) is 0 Å². The molecule has 2 fully saturated rings. The first-order valence-electron chi connectivity index (χ1n) is 9.45. The highest BCUT2D eigenvalue weighted by Gasteiger charge is 2.45. The fourth-order valence-electron chi connectivity index (χ4n) is 4.02. The fraction of sp³-hybridized carbons (Fsp3) is 0.650. The number of rotatable bonds is 4. The third-order valence-electron chi connectivity index (χ3n) is 5.65. The Bertz CT molecular complexity index is 637. The highest BCUT2D eigenvalue weighted by molar-refractivity contribution is 5.81. The molecule has 6 heteroatoms. The minimum atomic E-state index is -0.478. The molecule has 2 heterocycles. The fourth-order valence-corrected chi connectivity index (χ4v) is 4.02. The second kappa shape index (κ2) is 7.61. The third kappa shape index (κ3) is 3.91. The van der Waals surface area contributed by atoms with Crippen LogP contribution < -0.4 is 0 Å². The number of carbonyl (C=O) groups excluding carboxylic acids is 1. The Labute approximate surface area is 154 Å². The lowest BCUT2D eigenvalue weighted by molar-refractivity contribution is -0.192. The summed E-state index contributed by atoms with van der Waals surface area (Å²) in [7, 11) is 0. The van der Waals surface area contributed by atoms with E-state index in [1.165, 1.54) is 18.2 Å². The monoisotopic (exact) mass is 366 g/mol. The van der Waals surface area contributed by atoms with Gasteiger partial charge in [-0.05, 0) is 52.2 Å². The Morgan fingerprint density at radius 3 is 2.42 bits per heavy atom. The minimum absolute atomic E-state index is 0.0584. The highest BCUT2D eigenvalue weighted by atomic mass is 19.1.